The molecule has 0 heterocycles. The van der Waals surface area contributed by atoms with Gasteiger partial charge in [0.05, 0.1) is 0 Å². The van der Waals surface area contributed by atoms with E-state index in [1.54, 1.807) is 0 Å². The Bertz CT molecular complexity index is 92.9. The Morgan fingerprint density at radius 2 is 1.64 bits per heavy atom. The van der Waals surface area contributed by atoms with Gasteiger partial charge in [-0.25, -0.2) is 0 Å². The zero-order chi connectivity index (χ0) is 8.74. The first-order chi connectivity index (χ1) is 5.06. The van der Waals surface area contributed by atoms with Gasteiger partial charge in [-0.3, -0.25) is 0 Å². The number of thiol groups is 2. The first-order valence-electron chi connectivity index (χ1n) is 4.23. The van der Waals surface area contributed by atoms with Crippen LogP contribution in [0.4, 0.5) is 0 Å². The normalized spacial score (nSPS) is 13.5. The molecule has 0 radical (unpaired) electrons. The van der Waals surface area contributed by atoms with E-state index < -0.39 is 5.89 Å². The minimum atomic E-state index is -2.33. The molecule has 1 N–H and O–H groups in total. The van der Waals surface area contributed by atoms with Crippen molar-refractivity contribution in [3.05, 3.63) is 0 Å². The minimum absolute atomic E-state index is 0.808. The summed E-state index contributed by atoms with van der Waals surface area (Å²) in [5.41, 5.74) is 0. The first kappa shape index (κ1) is 12.1. The molecule has 0 aromatic rings. The second kappa shape index (κ2) is 6.59. The van der Waals surface area contributed by atoms with Gasteiger partial charge >= 0.3 is 80.5 Å². The van der Waals surface area contributed by atoms with Crippen molar-refractivity contribution in [2.24, 2.45) is 0 Å². The molecule has 0 aliphatic carbocycles. The average molecular weight is 214 g/mol. The molecule has 0 unspecified atom stereocenters. The molecular formula is C7H19OPS2. The van der Waals surface area contributed by atoms with E-state index >= 15 is 0 Å². The van der Waals surface area contributed by atoms with Crippen LogP contribution in [0.1, 0.15) is 39.0 Å². The van der Waals surface area contributed by atoms with Crippen LogP contribution < -0.4 is 0 Å². The second-order valence-electron chi connectivity index (χ2n) is 2.94. The summed E-state index contributed by atoms with van der Waals surface area (Å²) < 4.78 is 0. The van der Waals surface area contributed by atoms with Crippen molar-refractivity contribution in [2.75, 3.05) is 6.16 Å². The van der Waals surface area contributed by atoms with E-state index in [0.717, 1.165) is 12.6 Å². The Hall–Kier alpha value is 1.09. The van der Waals surface area contributed by atoms with Crippen molar-refractivity contribution in [1.29, 1.82) is 0 Å². The fraction of sp³-hybridized carbons (Fsp3) is 1.00. The standard InChI is InChI=1S/C7H19OPS2/c1-2-3-4-5-6-7-9(8,10)11/h8-11H,2-7H2,1H3. The van der Waals surface area contributed by atoms with E-state index in [1.807, 2.05) is 0 Å². The Morgan fingerprint density at radius 1 is 1.09 bits per heavy atom. The van der Waals surface area contributed by atoms with E-state index in [1.165, 1.54) is 25.7 Å². The summed E-state index contributed by atoms with van der Waals surface area (Å²) in [5, 5.41) is 0. The molecule has 0 bridgehead atoms. The third kappa shape index (κ3) is 11.1. The van der Waals surface area contributed by atoms with E-state index in [4.69, 9.17) is 0 Å². The number of unbranched alkanes of at least 4 members (excludes halogenated alkanes) is 4. The van der Waals surface area contributed by atoms with Gasteiger partial charge in [-0.2, -0.15) is 0 Å². The van der Waals surface area contributed by atoms with Crippen LogP contribution in [0.15, 0.2) is 0 Å². The van der Waals surface area contributed by atoms with E-state index in [9.17, 15) is 4.89 Å². The van der Waals surface area contributed by atoms with Gasteiger partial charge in [0.15, 0.2) is 0 Å². The van der Waals surface area contributed by atoms with Crippen LogP contribution in [0.25, 0.3) is 0 Å². The molecule has 1 nitrogen and oxygen atoms in total. The fourth-order valence-corrected chi connectivity index (χ4v) is 2.64. The van der Waals surface area contributed by atoms with E-state index in [0.29, 0.717) is 0 Å². The molecule has 0 saturated carbocycles. The number of hydrogen-bond donors (Lipinski definition) is 3. The topological polar surface area (TPSA) is 20.2 Å². The van der Waals surface area contributed by atoms with Gasteiger partial charge in [0.2, 0.25) is 0 Å². The van der Waals surface area contributed by atoms with Crippen LogP contribution in [-0.2, 0) is 0 Å². The zero-order valence-electron chi connectivity index (χ0n) is 7.08. The molecule has 0 fully saturated rings. The van der Waals surface area contributed by atoms with Gasteiger partial charge in [0.1, 0.15) is 0 Å². The third-order valence-electron chi connectivity index (χ3n) is 1.62. The summed E-state index contributed by atoms with van der Waals surface area (Å²) in [5.74, 6) is -2.33. The Balaban J connectivity index is 3.02. The van der Waals surface area contributed by atoms with E-state index in [2.05, 4.69) is 31.4 Å². The molecule has 0 aromatic carbocycles. The molecule has 0 rings (SSSR count). The van der Waals surface area contributed by atoms with Crippen LogP contribution >= 0.6 is 30.4 Å². The Morgan fingerprint density at radius 3 is 2.09 bits per heavy atom. The monoisotopic (exact) mass is 214 g/mol. The van der Waals surface area contributed by atoms with Crippen LogP contribution in [0.3, 0.4) is 0 Å². The fourth-order valence-electron chi connectivity index (χ4n) is 0.966. The van der Waals surface area contributed by atoms with Crippen molar-refractivity contribution in [1.82, 2.24) is 0 Å². The summed E-state index contributed by atoms with van der Waals surface area (Å²) in [7, 11) is 0. The second-order valence-corrected chi connectivity index (χ2v) is 10.5. The van der Waals surface area contributed by atoms with Crippen LogP contribution in [0.2, 0.25) is 0 Å². The van der Waals surface area contributed by atoms with Crippen LogP contribution in [0, 0.1) is 0 Å². The molecule has 0 atom stereocenters. The molecule has 0 aliphatic heterocycles. The molecule has 4 heteroatoms. The average Bonchev–Trinajstić information content (AvgIpc) is 1.85. The summed E-state index contributed by atoms with van der Waals surface area (Å²) >= 11 is 8.08. The predicted molar refractivity (Wildman–Crippen MR) is 62.1 cm³/mol. The predicted octanol–water partition coefficient (Wildman–Crippen LogP) is 3.30. The first-order valence-corrected chi connectivity index (χ1v) is 8.96. The molecule has 0 aromatic heterocycles. The summed E-state index contributed by atoms with van der Waals surface area (Å²) in [6.07, 6.45) is 6.95. The number of rotatable bonds is 6. The SMILES string of the molecule is CCCCCCC[PH](O)(S)S. The maximum atomic E-state index is 9.24. The zero-order valence-corrected chi connectivity index (χ0v) is 9.87. The molecule has 11 heavy (non-hydrogen) atoms. The van der Waals surface area contributed by atoms with Crippen LogP contribution in [-0.4, -0.2) is 11.1 Å². The van der Waals surface area contributed by atoms with Crippen LogP contribution in [0.5, 0.6) is 0 Å². The molecule has 0 spiro atoms. The van der Waals surface area contributed by atoms with Gasteiger partial charge in [-0.05, 0) is 0 Å². The van der Waals surface area contributed by atoms with Crippen molar-refractivity contribution >= 4 is 30.4 Å². The van der Waals surface area contributed by atoms with Crippen molar-refractivity contribution in [2.45, 2.75) is 39.0 Å². The van der Waals surface area contributed by atoms with E-state index in [-0.39, 0.29) is 0 Å². The summed E-state index contributed by atoms with van der Waals surface area (Å²) in [4.78, 5) is 9.24. The van der Waals surface area contributed by atoms with Gasteiger partial charge in [-0.1, -0.05) is 0 Å². The maximum absolute atomic E-state index is 9.24. The summed E-state index contributed by atoms with van der Waals surface area (Å²) in [6, 6.07) is 0. The van der Waals surface area contributed by atoms with Crippen molar-refractivity contribution < 1.29 is 4.89 Å². The van der Waals surface area contributed by atoms with Crippen molar-refractivity contribution in [3.63, 3.8) is 0 Å². The quantitative estimate of drug-likeness (QED) is 0.352. The van der Waals surface area contributed by atoms with Gasteiger partial charge in [-0.15, -0.1) is 0 Å². The van der Waals surface area contributed by atoms with Gasteiger partial charge in [0.25, 0.3) is 0 Å². The molecule has 0 amide bonds. The molecule has 0 aliphatic rings. The Labute approximate surface area is 80.7 Å². The molecule has 70 valence electrons. The summed E-state index contributed by atoms with van der Waals surface area (Å²) in [6.45, 7) is 2.20. The van der Waals surface area contributed by atoms with Gasteiger partial charge < -0.3 is 0 Å². The number of hydrogen-bond acceptors (Lipinski definition) is 3. The van der Waals surface area contributed by atoms with Crippen molar-refractivity contribution in [3.8, 4) is 0 Å². The van der Waals surface area contributed by atoms with Gasteiger partial charge in [0, 0.05) is 0 Å². The molecular weight excluding hydrogens is 195 g/mol. The molecule has 0 saturated heterocycles. The third-order valence-corrected chi connectivity index (χ3v) is 3.98. The Kier molecular flexibility index (Phi) is 7.24.